The number of nitrogen functional groups attached to an aromatic ring is 1. The first-order valence-corrected chi connectivity index (χ1v) is 11.6. The summed E-state index contributed by atoms with van der Waals surface area (Å²) in [7, 11) is 0. The van der Waals surface area contributed by atoms with Gasteiger partial charge >= 0.3 is 0 Å². The SMILES string of the molecule is CCC(C)NC(=O)c1cc(-c2cnn(C(c3ccccc3)C3CCC3)c2)cn2nc(N)nc12. The van der Waals surface area contributed by atoms with Crippen molar-refractivity contribution in [1.29, 1.82) is 0 Å². The summed E-state index contributed by atoms with van der Waals surface area (Å²) < 4.78 is 3.64. The van der Waals surface area contributed by atoms with Crippen molar-refractivity contribution in [1.82, 2.24) is 29.7 Å². The summed E-state index contributed by atoms with van der Waals surface area (Å²) in [5.74, 6) is 0.525. The number of carbonyl (C=O) groups excluding carboxylic acids is 1. The molecule has 1 aromatic carbocycles. The zero-order valence-electron chi connectivity index (χ0n) is 19.0. The predicted molar refractivity (Wildman–Crippen MR) is 128 cm³/mol. The van der Waals surface area contributed by atoms with Gasteiger partial charge in [-0.3, -0.25) is 9.48 Å². The van der Waals surface area contributed by atoms with Crippen LogP contribution in [0.4, 0.5) is 5.95 Å². The molecule has 0 spiro atoms. The summed E-state index contributed by atoms with van der Waals surface area (Å²) in [5, 5.41) is 12.0. The molecule has 8 nitrogen and oxygen atoms in total. The molecule has 0 radical (unpaired) electrons. The fraction of sp³-hybridized carbons (Fsp3) is 0.360. The molecule has 0 aliphatic heterocycles. The molecule has 1 fully saturated rings. The molecule has 1 aliphatic rings. The van der Waals surface area contributed by atoms with E-state index in [1.54, 1.807) is 4.52 Å². The number of anilines is 1. The smallest absolute Gasteiger partial charge is 0.255 e. The molecule has 1 saturated carbocycles. The van der Waals surface area contributed by atoms with Crippen molar-refractivity contribution in [3.63, 3.8) is 0 Å². The number of hydrogen-bond acceptors (Lipinski definition) is 5. The van der Waals surface area contributed by atoms with Crippen molar-refractivity contribution in [3.05, 3.63) is 66.1 Å². The maximum atomic E-state index is 13.0. The highest BCUT2D eigenvalue weighted by Gasteiger charge is 2.30. The van der Waals surface area contributed by atoms with E-state index in [0.29, 0.717) is 17.1 Å². The van der Waals surface area contributed by atoms with Crippen LogP contribution in [0.15, 0.2) is 55.0 Å². The number of benzene rings is 1. The summed E-state index contributed by atoms with van der Waals surface area (Å²) in [6.45, 7) is 4.01. The van der Waals surface area contributed by atoms with Crippen molar-refractivity contribution in [2.45, 2.75) is 51.6 Å². The Kier molecular flexibility index (Phi) is 5.58. The number of nitrogens with two attached hydrogens (primary N) is 1. The molecule has 1 amide bonds. The van der Waals surface area contributed by atoms with E-state index < -0.39 is 0 Å². The summed E-state index contributed by atoms with van der Waals surface area (Å²) in [6, 6.07) is 12.7. The third-order valence-electron chi connectivity index (χ3n) is 6.64. The Hall–Kier alpha value is -3.68. The zero-order valence-corrected chi connectivity index (χ0v) is 19.0. The lowest BCUT2D eigenvalue weighted by atomic mass is 9.77. The number of nitrogens with one attached hydrogen (secondary N) is 1. The van der Waals surface area contributed by atoms with Gasteiger partial charge in [0.2, 0.25) is 5.95 Å². The highest BCUT2D eigenvalue weighted by molar-refractivity contribution is 6.01. The molecular formula is C25H29N7O. The fourth-order valence-corrected chi connectivity index (χ4v) is 4.42. The average Bonchev–Trinajstić information content (AvgIpc) is 3.41. The molecule has 8 heteroatoms. The molecule has 3 aromatic heterocycles. The summed E-state index contributed by atoms with van der Waals surface area (Å²) in [4.78, 5) is 17.3. The lowest BCUT2D eigenvalue weighted by molar-refractivity contribution is 0.0940. The molecular weight excluding hydrogens is 414 g/mol. The third-order valence-corrected chi connectivity index (χ3v) is 6.64. The number of nitrogens with zero attached hydrogens (tertiary/aromatic N) is 5. The minimum atomic E-state index is -0.187. The lowest BCUT2D eigenvalue weighted by Crippen LogP contribution is -2.32. The van der Waals surface area contributed by atoms with E-state index in [0.717, 1.165) is 17.5 Å². The zero-order chi connectivity index (χ0) is 22.9. The molecule has 1 aliphatic carbocycles. The van der Waals surface area contributed by atoms with Crippen LogP contribution >= 0.6 is 0 Å². The first-order chi connectivity index (χ1) is 16.0. The average molecular weight is 444 g/mol. The van der Waals surface area contributed by atoms with E-state index in [1.165, 1.54) is 24.8 Å². The number of fused-ring (bicyclic) bond motifs is 1. The van der Waals surface area contributed by atoms with Gasteiger partial charge in [-0.05, 0) is 43.7 Å². The molecule has 33 heavy (non-hydrogen) atoms. The number of aromatic nitrogens is 5. The van der Waals surface area contributed by atoms with E-state index in [9.17, 15) is 4.79 Å². The Balaban J connectivity index is 1.54. The van der Waals surface area contributed by atoms with Crippen LogP contribution in [-0.4, -0.2) is 36.3 Å². The fourth-order valence-electron chi connectivity index (χ4n) is 4.42. The first-order valence-electron chi connectivity index (χ1n) is 11.6. The van der Waals surface area contributed by atoms with E-state index >= 15 is 0 Å². The molecule has 2 unspecified atom stereocenters. The van der Waals surface area contributed by atoms with Gasteiger partial charge in [-0.25, -0.2) is 4.52 Å². The lowest BCUT2D eigenvalue weighted by Gasteiger charge is -2.34. The standard InChI is InChI=1S/C25H29N7O/c1-3-16(2)28-24(33)21-12-19(14-32-23(21)29-25(26)30-32)20-13-27-31(15-20)22(18-10-7-11-18)17-8-5-4-6-9-17/h4-6,8-9,12-16,18,22H,3,7,10-11H2,1-2H3,(H2,26,30)(H,28,33). The second-order valence-corrected chi connectivity index (χ2v) is 8.92. The van der Waals surface area contributed by atoms with Crippen molar-refractivity contribution in [3.8, 4) is 11.1 Å². The van der Waals surface area contributed by atoms with Crippen LogP contribution in [-0.2, 0) is 0 Å². The van der Waals surface area contributed by atoms with Crippen LogP contribution in [0.1, 0.15) is 61.5 Å². The molecule has 0 bridgehead atoms. The van der Waals surface area contributed by atoms with Gasteiger partial charge in [0.15, 0.2) is 5.65 Å². The van der Waals surface area contributed by atoms with E-state index in [1.807, 2.05) is 38.4 Å². The molecule has 170 valence electrons. The Morgan fingerprint density at radius 2 is 2.00 bits per heavy atom. The van der Waals surface area contributed by atoms with Crippen LogP contribution in [0.3, 0.4) is 0 Å². The van der Waals surface area contributed by atoms with Gasteiger partial charge in [0.25, 0.3) is 5.91 Å². The van der Waals surface area contributed by atoms with Crippen LogP contribution in [0, 0.1) is 5.92 Å². The Morgan fingerprint density at radius 3 is 2.70 bits per heavy atom. The van der Waals surface area contributed by atoms with Crippen molar-refractivity contribution in [2.75, 3.05) is 5.73 Å². The summed E-state index contributed by atoms with van der Waals surface area (Å²) in [6.07, 6.45) is 10.3. The van der Waals surface area contributed by atoms with Crippen LogP contribution < -0.4 is 11.1 Å². The predicted octanol–water partition coefficient (Wildman–Crippen LogP) is 4.09. The van der Waals surface area contributed by atoms with Gasteiger partial charge in [-0.15, -0.1) is 5.10 Å². The third kappa shape index (κ3) is 4.08. The molecule has 3 heterocycles. The molecule has 3 N–H and O–H groups in total. The molecule has 4 aromatic rings. The van der Waals surface area contributed by atoms with Crippen molar-refractivity contribution < 1.29 is 4.79 Å². The number of rotatable bonds is 7. The molecule has 5 rings (SSSR count). The van der Waals surface area contributed by atoms with Gasteiger partial charge in [0.1, 0.15) is 0 Å². The van der Waals surface area contributed by atoms with E-state index in [2.05, 4.69) is 50.5 Å². The Morgan fingerprint density at radius 1 is 1.21 bits per heavy atom. The largest absolute Gasteiger partial charge is 0.366 e. The second kappa shape index (κ2) is 8.69. The van der Waals surface area contributed by atoms with Gasteiger partial charge in [-0.1, -0.05) is 43.7 Å². The van der Waals surface area contributed by atoms with Crippen molar-refractivity contribution in [2.24, 2.45) is 5.92 Å². The maximum Gasteiger partial charge on any atom is 0.255 e. The first kappa shape index (κ1) is 21.2. The van der Waals surface area contributed by atoms with Gasteiger partial charge in [-0.2, -0.15) is 10.1 Å². The van der Waals surface area contributed by atoms with Crippen LogP contribution in [0.5, 0.6) is 0 Å². The summed E-state index contributed by atoms with van der Waals surface area (Å²) >= 11 is 0. The Bertz CT molecular complexity index is 1270. The minimum Gasteiger partial charge on any atom is -0.366 e. The molecule has 2 atom stereocenters. The second-order valence-electron chi connectivity index (χ2n) is 8.92. The highest BCUT2D eigenvalue weighted by Crippen LogP contribution is 2.40. The van der Waals surface area contributed by atoms with E-state index in [4.69, 9.17) is 10.8 Å². The monoisotopic (exact) mass is 443 g/mol. The van der Waals surface area contributed by atoms with Crippen LogP contribution in [0.2, 0.25) is 0 Å². The van der Waals surface area contributed by atoms with Gasteiger partial charge < -0.3 is 11.1 Å². The quantitative estimate of drug-likeness (QED) is 0.448. The normalized spacial score (nSPS) is 15.8. The van der Waals surface area contributed by atoms with Gasteiger partial charge in [0, 0.05) is 29.6 Å². The number of pyridine rings is 1. The topological polar surface area (TPSA) is 103 Å². The summed E-state index contributed by atoms with van der Waals surface area (Å²) in [5.41, 5.74) is 9.77. The minimum absolute atomic E-state index is 0.0540. The Labute approximate surface area is 192 Å². The van der Waals surface area contributed by atoms with Crippen LogP contribution in [0.25, 0.3) is 16.8 Å². The molecule has 0 saturated heterocycles. The highest BCUT2D eigenvalue weighted by atomic mass is 16.1. The van der Waals surface area contributed by atoms with E-state index in [-0.39, 0.29) is 23.9 Å². The number of hydrogen-bond donors (Lipinski definition) is 2. The van der Waals surface area contributed by atoms with Crippen molar-refractivity contribution >= 4 is 17.5 Å². The maximum absolute atomic E-state index is 13.0. The number of carbonyl (C=O) groups is 1. The number of amides is 1. The van der Waals surface area contributed by atoms with Gasteiger partial charge in [0.05, 0.1) is 17.8 Å².